The molecule has 0 fully saturated rings. The van der Waals surface area contributed by atoms with Gasteiger partial charge >= 0.3 is 0 Å². The molecule has 0 saturated carbocycles. The summed E-state index contributed by atoms with van der Waals surface area (Å²) in [4.78, 5) is 9.94. The van der Waals surface area contributed by atoms with Gasteiger partial charge in [0.05, 0.1) is 5.75 Å². The molecule has 0 aromatic carbocycles. The van der Waals surface area contributed by atoms with Gasteiger partial charge in [0, 0.05) is 0 Å². The maximum absolute atomic E-state index is 9.96. The van der Waals surface area contributed by atoms with Crippen LogP contribution in [0.25, 0.3) is 0 Å². The summed E-state index contributed by atoms with van der Waals surface area (Å²) in [5.41, 5.74) is 4.62. The van der Waals surface area contributed by atoms with Crippen LogP contribution in [0.2, 0.25) is 0 Å². The van der Waals surface area contributed by atoms with Crippen LogP contribution in [0.4, 0.5) is 0 Å². The van der Waals surface area contributed by atoms with Crippen molar-refractivity contribution >= 4 is 16.0 Å². The van der Waals surface area contributed by atoms with E-state index in [1.54, 1.807) is 0 Å². The highest BCUT2D eigenvalue weighted by Crippen LogP contribution is 1.82. The van der Waals surface area contributed by atoms with Crippen molar-refractivity contribution in [2.75, 3.05) is 5.75 Å². The fourth-order valence-corrected chi connectivity index (χ4v) is 0.625. The van der Waals surface area contributed by atoms with Crippen LogP contribution < -0.4 is 5.73 Å². The molecule has 0 atom stereocenters. The maximum Gasteiger partial charge on any atom is 0.268 e. The zero-order valence-corrected chi connectivity index (χ0v) is 5.84. The van der Waals surface area contributed by atoms with Crippen molar-refractivity contribution in [2.24, 2.45) is 5.73 Å². The predicted molar refractivity (Wildman–Crippen MR) is 34.8 cm³/mol. The highest BCUT2D eigenvalue weighted by atomic mass is 32.2. The van der Waals surface area contributed by atoms with Gasteiger partial charge in [0.15, 0.2) is 0 Å². The van der Waals surface area contributed by atoms with E-state index in [1.165, 1.54) is 0 Å². The van der Waals surface area contributed by atoms with E-state index in [4.69, 9.17) is 4.55 Å². The fraction of sp³-hybridized carbons (Fsp3) is 0.250. The fourth-order valence-electron chi connectivity index (χ4n) is 0.286. The lowest BCUT2D eigenvalue weighted by molar-refractivity contribution is -0.113. The molecular formula is C4H7NO4S. The summed E-state index contributed by atoms with van der Waals surface area (Å²) >= 11 is 0. The Kier molecular flexibility index (Phi) is 3.04. The highest BCUT2D eigenvalue weighted by Gasteiger charge is 1.98. The molecule has 0 spiro atoms. The Morgan fingerprint density at radius 2 is 2.10 bits per heavy atom. The molecule has 5 nitrogen and oxygen atoms in total. The van der Waals surface area contributed by atoms with E-state index in [2.05, 4.69) is 5.73 Å². The zero-order chi connectivity index (χ0) is 8.20. The minimum atomic E-state index is -4.01. The molecule has 0 saturated heterocycles. The van der Waals surface area contributed by atoms with Gasteiger partial charge in [-0.2, -0.15) is 8.42 Å². The first-order valence-electron chi connectivity index (χ1n) is 2.33. The number of amides is 1. The van der Waals surface area contributed by atoms with E-state index >= 15 is 0 Å². The van der Waals surface area contributed by atoms with Crippen LogP contribution in [0.1, 0.15) is 0 Å². The Labute approximate surface area is 58.3 Å². The van der Waals surface area contributed by atoms with Crippen molar-refractivity contribution in [3.05, 3.63) is 12.2 Å². The van der Waals surface area contributed by atoms with Crippen molar-refractivity contribution in [2.45, 2.75) is 0 Å². The van der Waals surface area contributed by atoms with Gasteiger partial charge in [-0.05, 0) is 6.08 Å². The number of nitrogens with two attached hydrogens (primary N) is 1. The van der Waals surface area contributed by atoms with Gasteiger partial charge in [0.25, 0.3) is 10.1 Å². The number of hydrogen-bond donors (Lipinski definition) is 2. The number of rotatable bonds is 3. The third kappa shape index (κ3) is 7.12. The Bertz CT molecular complexity index is 240. The summed E-state index contributed by atoms with van der Waals surface area (Å²) in [7, 11) is -4.01. The summed E-state index contributed by atoms with van der Waals surface area (Å²) in [6.45, 7) is 0. The van der Waals surface area contributed by atoms with Crippen LogP contribution in [0.5, 0.6) is 0 Å². The van der Waals surface area contributed by atoms with Gasteiger partial charge in [-0.3, -0.25) is 9.35 Å². The number of carbonyl (C=O) groups excluding carboxylic acids is 1. The average molecular weight is 165 g/mol. The van der Waals surface area contributed by atoms with E-state index < -0.39 is 21.8 Å². The van der Waals surface area contributed by atoms with Crippen molar-refractivity contribution < 1.29 is 17.8 Å². The first-order valence-corrected chi connectivity index (χ1v) is 3.94. The minimum Gasteiger partial charge on any atom is -0.366 e. The molecule has 0 aliphatic carbocycles. The molecule has 0 aromatic heterocycles. The molecule has 6 heteroatoms. The lowest BCUT2D eigenvalue weighted by Crippen LogP contribution is -2.07. The molecule has 0 heterocycles. The quantitative estimate of drug-likeness (QED) is 0.410. The first kappa shape index (κ1) is 9.12. The third-order valence-electron chi connectivity index (χ3n) is 0.589. The molecule has 0 aliphatic heterocycles. The Morgan fingerprint density at radius 3 is 2.40 bits per heavy atom. The molecule has 0 rings (SSSR count). The molecular weight excluding hydrogens is 158 g/mol. The van der Waals surface area contributed by atoms with Crippen molar-refractivity contribution in [1.29, 1.82) is 0 Å². The van der Waals surface area contributed by atoms with Gasteiger partial charge in [-0.1, -0.05) is 6.08 Å². The normalized spacial score (nSPS) is 12.1. The van der Waals surface area contributed by atoms with E-state index in [1.807, 2.05) is 0 Å². The van der Waals surface area contributed by atoms with Gasteiger partial charge in [0.2, 0.25) is 5.91 Å². The topological polar surface area (TPSA) is 97.5 Å². The van der Waals surface area contributed by atoms with E-state index in [0.717, 1.165) is 12.2 Å². The van der Waals surface area contributed by atoms with Crippen molar-refractivity contribution in [1.82, 2.24) is 0 Å². The second-order valence-corrected chi connectivity index (χ2v) is 3.05. The summed E-state index contributed by atoms with van der Waals surface area (Å²) in [6.07, 6.45) is 1.84. The maximum atomic E-state index is 9.96. The Balaban J connectivity index is 3.88. The van der Waals surface area contributed by atoms with Crippen LogP contribution >= 0.6 is 0 Å². The monoisotopic (exact) mass is 165 g/mol. The van der Waals surface area contributed by atoms with Crippen molar-refractivity contribution in [3.63, 3.8) is 0 Å². The number of hydrogen-bond acceptors (Lipinski definition) is 3. The molecule has 58 valence electrons. The predicted octanol–water partition coefficient (Wildman–Crippen LogP) is -1.08. The van der Waals surface area contributed by atoms with Gasteiger partial charge in [-0.15, -0.1) is 0 Å². The third-order valence-corrected chi connectivity index (χ3v) is 1.20. The number of carbonyl (C=O) groups is 1. The van der Waals surface area contributed by atoms with Gasteiger partial charge < -0.3 is 5.73 Å². The van der Waals surface area contributed by atoms with Crippen LogP contribution in [-0.4, -0.2) is 24.6 Å². The standard InChI is InChI=1S/C4H7NO4S/c5-4(6)2-1-3-10(7,8)9/h1-2H,3H2,(H2,5,6)(H,7,8,9)/b2-1+. The Morgan fingerprint density at radius 1 is 1.60 bits per heavy atom. The molecule has 10 heavy (non-hydrogen) atoms. The van der Waals surface area contributed by atoms with Crippen LogP contribution in [0.3, 0.4) is 0 Å². The first-order chi connectivity index (χ1) is 4.42. The second kappa shape index (κ2) is 3.33. The molecule has 1 amide bonds. The molecule has 0 radical (unpaired) electrons. The van der Waals surface area contributed by atoms with Crippen LogP contribution in [0, 0.1) is 0 Å². The van der Waals surface area contributed by atoms with Crippen molar-refractivity contribution in [3.8, 4) is 0 Å². The molecule has 0 aromatic rings. The molecule has 3 N–H and O–H groups in total. The Hall–Kier alpha value is -0.880. The van der Waals surface area contributed by atoms with Crippen LogP contribution in [-0.2, 0) is 14.9 Å². The molecule has 0 bridgehead atoms. The summed E-state index contributed by atoms with van der Waals surface area (Å²) in [5.74, 6) is -1.33. The molecule has 0 aliphatic rings. The second-order valence-electron chi connectivity index (χ2n) is 1.55. The largest absolute Gasteiger partial charge is 0.366 e. The summed E-state index contributed by atoms with van der Waals surface area (Å²) in [5, 5.41) is 0. The summed E-state index contributed by atoms with van der Waals surface area (Å²) in [6, 6.07) is 0. The zero-order valence-electron chi connectivity index (χ0n) is 5.02. The van der Waals surface area contributed by atoms with Gasteiger partial charge in [-0.25, -0.2) is 0 Å². The van der Waals surface area contributed by atoms with Crippen LogP contribution in [0.15, 0.2) is 12.2 Å². The lowest BCUT2D eigenvalue weighted by Gasteiger charge is -1.85. The van der Waals surface area contributed by atoms with E-state index in [-0.39, 0.29) is 0 Å². The average Bonchev–Trinajstić information content (AvgIpc) is 1.59. The minimum absolute atomic E-state index is 0.587. The SMILES string of the molecule is NC(=O)/C=C/CS(=O)(=O)O. The lowest BCUT2D eigenvalue weighted by atomic mass is 10.5. The summed E-state index contributed by atoms with van der Waals surface area (Å²) < 4.78 is 28.0. The van der Waals surface area contributed by atoms with Gasteiger partial charge in [0.1, 0.15) is 0 Å². The number of primary amides is 1. The molecule has 0 unspecified atom stereocenters. The highest BCUT2D eigenvalue weighted by molar-refractivity contribution is 7.85. The van der Waals surface area contributed by atoms with E-state index in [9.17, 15) is 13.2 Å². The van der Waals surface area contributed by atoms with E-state index in [0.29, 0.717) is 0 Å². The smallest absolute Gasteiger partial charge is 0.268 e.